The number of rotatable bonds is 6. The molecule has 0 radical (unpaired) electrons. The zero-order valence-electron chi connectivity index (χ0n) is 24.3. The van der Waals surface area contributed by atoms with Gasteiger partial charge in [-0.25, -0.2) is 18.8 Å². The number of carbonyl (C=O) groups is 3. The van der Waals surface area contributed by atoms with Crippen molar-refractivity contribution in [2.75, 3.05) is 19.8 Å². The average Bonchev–Trinajstić information content (AvgIpc) is 2.81. The van der Waals surface area contributed by atoms with Crippen molar-refractivity contribution in [2.24, 2.45) is 5.92 Å². The van der Waals surface area contributed by atoms with Crippen LogP contribution in [0.1, 0.15) is 62.3 Å². The van der Waals surface area contributed by atoms with Gasteiger partial charge in [0.05, 0.1) is 13.2 Å². The molecule has 39 heavy (non-hydrogen) atoms. The zero-order chi connectivity index (χ0) is 29.5. The van der Waals surface area contributed by atoms with Gasteiger partial charge in [0, 0.05) is 6.61 Å². The molecule has 10 nitrogen and oxygen atoms in total. The summed E-state index contributed by atoms with van der Waals surface area (Å²) in [6.07, 6.45) is -4.59. The lowest BCUT2D eigenvalue weighted by Crippen LogP contribution is -2.54. The van der Waals surface area contributed by atoms with Crippen molar-refractivity contribution < 1.29 is 47.2 Å². The van der Waals surface area contributed by atoms with Crippen LogP contribution in [-0.4, -0.2) is 78.4 Å². The Kier molecular flexibility index (Phi) is 11.1. The molecule has 2 amide bonds. The number of carbonyl (C=O) groups excluding carboxylic acids is 3. The zero-order valence-corrected chi connectivity index (χ0v) is 24.3. The molecule has 0 spiro atoms. The Balaban J connectivity index is 2.40. The van der Waals surface area contributed by atoms with Crippen LogP contribution in [0.4, 0.5) is 14.0 Å². The summed E-state index contributed by atoms with van der Waals surface area (Å²) < 4.78 is 47.9. The standard InChI is InChI=1S/C28H42FNO9/c1-17(2)14-35-23-18(3)36-24(31)21(15-34-16-22(23)37-20-12-10-19(29)11-13-20)30(25(32)38-27(4,5)6)26(33)39-28(7,8)9/h10-13,17-18,21-23H,14-16H2,1-9H3/t18-,21-,22-,23-/m0/s1. The van der Waals surface area contributed by atoms with Crippen molar-refractivity contribution in [3.05, 3.63) is 30.1 Å². The fraction of sp³-hybridized carbons (Fsp3) is 0.679. The summed E-state index contributed by atoms with van der Waals surface area (Å²) in [7, 11) is 0. The monoisotopic (exact) mass is 555 g/mol. The quantitative estimate of drug-likeness (QED) is 0.349. The Morgan fingerprint density at radius 2 is 1.54 bits per heavy atom. The maximum atomic E-state index is 13.4. The molecule has 0 N–H and O–H groups in total. The van der Waals surface area contributed by atoms with Gasteiger partial charge in [-0.05, 0) is 78.6 Å². The van der Waals surface area contributed by atoms with E-state index < -0.39 is 66.1 Å². The van der Waals surface area contributed by atoms with Gasteiger partial charge in [-0.2, -0.15) is 4.90 Å². The minimum atomic E-state index is -1.51. The smallest absolute Gasteiger partial charge is 0.420 e. The highest BCUT2D eigenvalue weighted by Crippen LogP contribution is 2.24. The van der Waals surface area contributed by atoms with Crippen molar-refractivity contribution in [1.29, 1.82) is 0 Å². The fourth-order valence-electron chi connectivity index (χ4n) is 3.56. The molecule has 0 unspecified atom stereocenters. The molecule has 0 bridgehead atoms. The van der Waals surface area contributed by atoms with E-state index in [1.807, 2.05) is 13.8 Å². The number of imide groups is 1. The van der Waals surface area contributed by atoms with Gasteiger partial charge in [0.2, 0.25) is 0 Å². The first kappa shape index (κ1) is 32.3. The molecule has 11 heteroatoms. The Morgan fingerprint density at radius 3 is 2.03 bits per heavy atom. The first-order chi connectivity index (χ1) is 18.0. The van der Waals surface area contributed by atoms with Crippen LogP contribution < -0.4 is 4.74 Å². The molecule has 0 aromatic heterocycles. The molecular weight excluding hydrogens is 513 g/mol. The Labute approximate surface area is 230 Å². The van der Waals surface area contributed by atoms with E-state index in [1.165, 1.54) is 24.3 Å². The van der Waals surface area contributed by atoms with E-state index in [0.29, 0.717) is 17.3 Å². The normalized spacial score (nSPS) is 22.7. The van der Waals surface area contributed by atoms with Gasteiger partial charge in [0.25, 0.3) is 0 Å². The van der Waals surface area contributed by atoms with E-state index in [2.05, 4.69) is 0 Å². The molecule has 0 aliphatic carbocycles. The van der Waals surface area contributed by atoms with Crippen LogP contribution in [0.25, 0.3) is 0 Å². The maximum absolute atomic E-state index is 13.4. The Bertz CT molecular complexity index is 941. The molecule has 1 aromatic carbocycles. The second-order valence-corrected chi connectivity index (χ2v) is 11.8. The lowest BCUT2D eigenvalue weighted by Gasteiger charge is -2.33. The third-order valence-electron chi connectivity index (χ3n) is 5.18. The highest BCUT2D eigenvalue weighted by molar-refractivity contribution is 5.94. The van der Waals surface area contributed by atoms with Crippen molar-refractivity contribution in [1.82, 2.24) is 4.90 Å². The number of benzene rings is 1. The van der Waals surface area contributed by atoms with Crippen molar-refractivity contribution >= 4 is 18.2 Å². The number of esters is 1. The number of hydrogen-bond donors (Lipinski definition) is 0. The van der Waals surface area contributed by atoms with Gasteiger partial charge in [0.1, 0.15) is 35.0 Å². The molecule has 4 atom stereocenters. The van der Waals surface area contributed by atoms with E-state index in [9.17, 15) is 18.8 Å². The second-order valence-electron chi connectivity index (χ2n) is 11.8. The fourth-order valence-corrected chi connectivity index (χ4v) is 3.56. The summed E-state index contributed by atoms with van der Waals surface area (Å²) in [5, 5.41) is 0. The number of cyclic esters (lactones) is 1. The van der Waals surface area contributed by atoms with Gasteiger partial charge in [-0.3, -0.25) is 0 Å². The number of halogens is 1. The number of hydrogen-bond acceptors (Lipinski definition) is 9. The molecule has 0 saturated carbocycles. The Hall–Kier alpha value is -2.92. The van der Waals surface area contributed by atoms with Crippen LogP contribution in [0.5, 0.6) is 5.75 Å². The summed E-state index contributed by atoms with van der Waals surface area (Å²) in [6.45, 7) is 15.2. The summed E-state index contributed by atoms with van der Waals surface area (Å²) >= 11 is 0. The van der Waals surface area contributed by atoms with E-state index in [-0.39, 0.29) is 12.5 Å². The third kappa shape index (κ3) is 10.6. The number of ether oxygens (including phenoxy) is 6. The van der Waals surface area contributed by atoms with Crippen LogP contribution in [0.2, 0.25) is 0 Å². The predicted molar refractivity (Wildman–Crippen MR) is 140 cm³/mol. The SMILES string of the molecule is CC(C)CO[C@H]1[C@H](C)OC(=O)[C@@H](N(C(=O)OC(C)(C)C)C(=O)OC(C)(C)C)COC[C@@H]1Oc1ccc(F)cc1. The summed E-state index contributed by atoms with van der Waals surface area (Å²) in [4.78, 5) is 40.2. The minimum absolute atomic E-state index is 0.0892. The minimum Gasteiger partial charge on any atom is -0.485 e. The van der Waals surface area contributed by atoms with Gasteiger partial charge < -0.3 is 28.4 Å². The Morgan fingerprint density at radius 1 is 1.00 bits per heavy atom. The maximum Gasteiger partial charge on any atom is 0.420 e. The van der Waals surface area contributed by atoms with Crippen LogP contribution in [0.15, 0.2) is 24.3 Å². The molecule has 1 aliphatic rings. The van der Waals surface area contributed by atoms with Gasteiger partial charge in [0.15, 0.2) is 12.1 Å². The number of nitrogens with zero attached hydrogens (tertiary/aromatic N) is 1. The molecule has 1 fully saturated rings. The molecule has 1 heterocycles. The van der Waals surface area contributed by atoms with Gasteiger partial charge >= 0.3 is 18.2 Å². The highest BCUT2D eigenvalue weighted by atomic mass is 19.1. The molecule has 1 aromatic rings. The lowest BCUT2D eigenvalue weighted by atomic mass is 10.1. The van der Waals surface area contributed by atoms with Gasteiger partial charge in [-0.15, -0.1) is 0 Å². The molecule has 1 saturated heterocycles. The third-order valence-corrected chi connectivity index (χ3v) is 5.18. The van der Waals surface area contributed by atoms with Crippen LogP contribution in [-0.2, 0) is 28.5 Å². The van der Waals surface area contributed by atoms with Crippen molar-refractivity contribution in [2.45, 2.75) is 97.9 Å². The van der Waals surface area contributed by atoms with E-state index in [1.54, 1.807) is 48.5 Å². The van der Waals surface area contributed by atoms with Crippen molar-refractivity contribution in [3.63, 3.8) is 0 Å². The molecule has 1 aliphatic heterocycles. The lowest BCUT2D eigenvalue weighted by molar-refractivity contribution is -0.166. The van der Waals surface area contributed by atoms with Gasteiger partial charge in [-0.1, -0.05) is 13.8 Å². The largest absolute Gasteiger partial charge is 0.485 e. The summed E-state index contributed by atoms with van der Waals surface area (Å²) in [6, 6.07) is 3.94. The van der Waals surface area contributed by atoms with E-state index >= 15 is 0 Å². The summed E-state index contributed by atoms with van der Waals surface area (Å²) in [5.41, 5.74) is -1.92. The molecule has 2 rings (SSSR count). The first-order valence-electron chi connectivity index (χ1n) is 13.0. The van der Waals surface area contributed by atoms with Crippen LogP contribution in [0, 0.1) is 11.7 Å². The first-order valence-corrected chi connectivity index (χ1v) is 13.0. The average molecular weight is 556 g/mol. The molecule has 220 valence electrons. The topological polar surface area (TPSA) is 110 Å². The predicted octanol–water partition coefficient (Wildman–Crippen LogP) is 5.12. The summed E-state index contributed by atoms with van der Waals surface area (Å²) in [5.74, 6) is -0.799. The number of amides is 2. The molecular formula is C28H42FNO9. The van der Waals surface area contributed by atoms with E-state index in [0.717, 1.165) is 0 Å². The highest BCUT2D eigenvalue weighted by Gasteiger charge is 2.44. The second kappa shape index (κ2) is 13.4. The van der Waals surface area contributed by atoms with Crippen LogP contribution in [0.3, 0.4) is 0 Å². The van der Waals surface area contributed by atoms with Crippen molar-refractivity contribution in [3.8, 4) is 5.75 Å². The van der Waals surface area contributed by atoms with Crippen LogP contribution >= 0.6 is 0 Å². The van der Waals surface area contributed by atoms with E-state index in [4.69, 9.17) is 28.4 Å².